The molecule has 0 amide bonds. The largest absolute Gasteiger partial charge is 0.497 e. The number of hydrogen-bond donors (Lipinski definition) is 1. The van der Waals surface area contributed by atoms with E-state index in [1.165, 1.54) is 5.56 Å². The second-order valence-corrected chi connectivity index (χ2v) is 6.74. The summed E-state index contributed by atoms with van der Waals surface area (Å²) in [4.78, 5) is 0. The molecule has 2 nitrogen and oxygen atoms in total. The molecule has 2 rings (SSSR count). The molecule has 0 heterocycles. The Morgan fingerprint density at radius 1 is 1.05 bits per heavy atom. The van der Waals surface area contributed by atoms with E-state index in [0.29, 0.717) is 6.04 Å². The minimum absolute atomic E-state index is 0.391. The van der Waals surface area contributed by atoms with Gasteiger partial charge in [-0.25, -0.2) is 0 Å². The molecular formula is C17H19Br2NO. The average molecular weight is 413 g/mol. The maximum atomic E-state index is 5.18. The number of hydrogen-bond acceptors (Lipinski definition) is 2. The van der Waals surface area contributed by atoms with Gasteiger partial charge in [-0.15, -0.1) is 0 Å². The number of ether oxygens (including phenoxy) is 1. The fourth-order valence-electron chi connectivity index (χ4n) is 2.13. The number of aryl methyl sites for hydroxylation is 1. The number of para-hydroxylation sites is 1. The first-order valence-electron chi connectivity index (χ1n) is 6.93. The molecule has 0 fully saturated rings. The minimum atomic E-state index is 0.391. The number of anilines is 1. The first-order valence-corrected chi connectivity index (χ1v) is 8.52. The maximum Gasteiger partial charge on any atom is 0.118 e. The molecule has 1 unspecified atom stereocenters. The van der Waals surface area contributed by atoms with Gasteiger partial charge in [0.25, 0.3) is 0 Å². The van der Waals surface area contributed by atoms with Crippen molar-refractivity contribution in [2.45, 2.75) is 25.8 Å². The van der Waals surface area contributed by atoms with Gasteiger partial charge in [0.2, 0.25) is 0 Å². The van der Waals surface area contributed by atoms with E-state index in [4.69, 9.17) is 4.74 Å². The van der Waals surface area contributed by atoms with Crippen LogP contribution in [0.25, 0.3) is 0 Å². The van der Waals surface area contributed by atoms with Crippen LogP contribution in [0.5, 0.6) is 5.75 Å². The summed E-state index contributed by atoms with van der Waals surface area (Å²) in [6, 6.07) is 14.8. The lowest BCUT2D eigenvalue weighted by molar-refractivity contribution is 0.414. The van der Waals surface area contributed by atoms with Gasteiger partial charge in [-0.1, -0.05) is 18.2 Å². The van der Waals surface area contributed by atoms with Crippen LogP contribution in [0, 0.1) is 0 Å². The predicted octanol–water partition coefficient (Wildman–Crippen LogP) is 5.65. The monoisotopic (exact) mass is 411 g/mol. The molecule has 0 bridgehead atoms. The Balaban J connectivity index is 1.91. The van der Waals surface area contributed by atoms with E-state index in [-0.39, 0.29) is 0 Å². The normalized spacial score (nSPS) is 12.0. The van der Waals surface area contributed by atoms with E-state index in [0.717, 1.165) is 33.2 Å². The molecule has 1 atom stereocenters. The highest BCUT2D eigenvalue weighted by Gasteiger charge is 2.08. The molecule has 1 N–H and O–H groups in total. The molecule has 0 spiro atoms. The quantitative estimate of drug-likeness (QED) is 0.661. The van der Waals surface area contributed by atoms with Crippen LogP contribution in [0.2, 0.25) is 0 Å². The summed E-state index contributed by atoms with van der Waals surface area (Å²) < 4.78 is 7.33. The topological polar surface area (TPSA) is 21.3 Å². The lowest BCUT2D eigenvalue weighted by Gasteiger charge is -2.18. The molecular weight excluding hydrogens is 394 g/mol. The van der Waals surface area contributed by atoms with Crippen molar-refractivity contribution < 1.29 is 4.74 Å². The molecule has 112 valence electrons. The van der Waals surface area contributed by atoms with Crippen LogP contribution in [0.4, 0.5) is 5.69 Å². The molecule has 21 heavy (non-hydrogen) atoms. The molecule has 0 radical (unpaired) electrons. The Hall–Kier alpha value is -1.00. The zero-order valence-corrected chi connectivity index (χ0v) is 15.4. The molecule has 4 heteroatoms. The zero-order valence-electron chi connectivity index (χ0n) is 12.2. The standard InChI is InChI=1S/C17H19Br2NO/c1-12(20-17-15(18)4-3-5-16(17)19)6-7-13-8-10-14(21-2)11-9-13/h3-5,8-12,20H,6-7H2,1-2H3. The lowest BCUT2D eigenvalue weighted by atomic mass is 10.1. The summed E-state index contributed by atoms with van der Waals surface area (Å²) in [5.74, 6) is 0.905. The van der Waals surface area contributed by atoms with E-state index >= 15 is 0 Å². The molecule has 0 saturated carbocycles. The van der Waals surface area contributed by atoms with Crippen LogP contribution in [-0.2, 0) is 6.42 Å². The summed E-state index contributed by atoms with van der Waals surface area (Å²) in [6.45, 7) is 2.20. The van der Waals surface area contributed by atoms with Crippen LogP contribution in [0.15, 0.2) is 51.4 Å². The van der Waals surface area contributed by atoms with Gasteiger partial charge in [0.05, 0.1) is 12.8 Å². The number of methoxy groups -OCH3 is 1. The van der Waals surface area contributed by atoms with Gasteiger partial charge in [-0.3, -0.25) is 0 Å². The number of halogens is 2. The molecule has 0 aliphatic carbocycles. The highest BCUT2D eigenvalue weighted by molar-refractivity contribution is 9.11. The third-order valence-electron chi connectivity index (χ3n) is 3.38. The molecule has 2 aromatic rings. The van der Waals surface area contributed by atoms with Gasteiger partial charge in [0.1, 0.15) is 5.75 Å². The number of rotatable bonds is 6. The number of nitrogens with one attached hydrogen (secondary N) is 1. The third-order valence-corrected chi connectivity index (χ3v) is 4.70. The van der Waals surface area contributed by atoms with Gasteiger partial charge in [-0.05, 0) is 81.5 Å². The fourth-order valence-corrected chi connectivity index (χ4v) is 3.36. The smallest absolute Gasteiger partial charge is 0.118 e. The molecule has 0 saturated heterocycles. The summed E-state index contributed by atoms with van der Waals surface area (Å²) in [7, 11) is 1.69. The maximum absolute atomic E-state index is 5.18. The van der Waals surface area contributed by atoms with Gasteiger partial charge >= 0.3 is 0 Å². The van der Waals surface area contributed by atoms with Crippen molar-refractivity contribution in [3.63, 3.8) is 0 Å². The molecule has 2 aromatic carbocycles. The fraction of sp³-hybridized carbons (Fsp3) is 0.294. The van der Waals surface area contributed by atoms with Gasteiger partial charge in [-0.2, -0.15) is 0 Å². The summed E-state index contributed by atoms with van der Waals surface area (Å²) in [5, 5.41) is 3.55. The summed E-state index contributed by atoms with van der Waals surface area (Å²) >= 11 is 7.16. The van der Waals surface area contributed by atoms with Crippen LogP contribution in [-0.4, -0.2) is 13.2 Å². The number of benzene rings is 2. The van der Waals surface area contributed by atoms with Gasteiger partial charge < -0.3 is 10.1 Å². The van der Waals surface area contributed by atoms with Crippen molar-refractivity contribution in [3.05, 3.63) is 57.0 Å². The highest BCUT2D eigenvalue weighted by atomic mass is 79.9. The lowest BCUT2D eigenvalue weighted by Crippen LogP contribution is -2.16. The Bertz CT molecular complexity index is 564. The van der Waals surface area contributed by atoms with Crippen LogP contribution in [0.3, 0.4) is 0 Å². The Labute approximate surface area is 143 Å². The first-order chi connectivity index (χ1) is 10.1. The molecule has 0 aliphatic heterocycles. The zero-order chi connectivity index (χ0) is 15.2. The SMILES string of the molecule is COc1ccc(CCC(C)Nc2c(Br)cccc2Br)cc1. The van der Waals surface area contributed by atoms with Crippen molar-refractivity contribution in [2.24, 2.45) is 0 Å². The summed E-state index contributed by atoms with van der Waals surface area (Å²) in [5.41, 5.74) is 2.44. The van der Waals surface area contributed by atoms with Crippen LogP contribution in [0.1, 0.15) is 18.9 Å². The van der Waals surface area contributed by atoms with E-state index in [2.05, 4.69) is 56.2 Å². The molecule has 0 aromatic heterocycles. The van der Waals surface area contributed by atoms with Crippen molar-refractivity contribution >= 4 is 37.5 Å². The van der Waals surface area contributed by atoms with Crippen LogP contribution >= 0.6 is 31.9 Å². The van der Waals surface area contributed by atoms with Crippen LogP contribution < -0.4 is 10.1 Å². The summed E-state index contributed by atoms with van der Waals surface area (Å²) in [6.07, 6.45) is 2.11. The molecule has 0 aliphatic rings. The Kier molecular flexibility index (Phi) is 6.12. The Morgan fingerprint density at radius 2 is 1.67 bits per heavy atom. The van der Waals surface area contributed by atoms with Crippen molar-refractivity contribution in [1.29, 1.82) is 0 Å². The van der Waals surface area contributed by atoms with E-state index in [1.54, 1.807) is 7.11 Å². The Morgan fingerprint density at radius 3 is 2.24 bits per heavy atom. The van der Waals surface area contributed by atoms with E-state index in [1.807, 2.05) is 30.3 Å². The minimum Gasteiger partial charge on any atom is -0.497 e. The van der Waals surface area contributed by atoms with Gasteiger partial charge in [0.15, 0.2) is 0 Å². The first kappa shape index (κ1) is 16.4. The van der Waals surface area contributed by atoms with Crippen molar-refractivity contribution in [1.82, 2.24) is 0 Å². The van der Waals surface area contributed by atoms with Gasteiger partial charge in [0, 0.05) is 15.0 Å². The van der Waals surface area contributed by atoms with E-state index in [9.17, 15) is 0 Å². The van der Waals surface area contributed by atoms with E-state index < -0.39 is 0 Å². The second-order valence-electron chi connectivity index (χ2n) is 5.03. The third kappa shape index (κ3) is 4.75. The van der Waals surface area contributed by atoms with Crippen molar-refractivity contribution in [2.75, 3.05) is 12.4 Å². The second kappa shape index (κ2) is 7.85. The average Bonchev–Trinajstić information content (AvgIpc) is 2.49. The van der Waals surface area contributed by atoms with Crippen molar-refractivity contribution in [3.8, 4) is 5.75 Å². The highest BCUT2D eigenvalue weighted by Crippen LogP contribution is 2.31. The predicted molar refractivity (Wildman–Crippen MR) is 96.2 cm³/mol.